The molecule has 0 bridgehead atoms. The van der Waals surface area contributed by atoms with Crippen molar-refractivity contribution in [2.24, 2.45) is 7.05 Å². The Morgan fingerprint density at radius 1 is 1.28 bits per heavy atom. The maximum atomic E-state index is 13.3. The third-order valence-electron chi connectivity index (χ3n) is 3.44. The van der Waals surface area contributed by atoms with Crippen LogP contribution < -0.4 is 10.2 Å². The predicted octanol–water partition coefficient (Wildman–Crippen LogP) is 1.51. The van der Waals surface area contributed by atoms with Crippen LogP contribution in [0.1, 0.15) is 6.42 Å². The van der Waals surface area contributed by atoms with E-state index in [1.54, 1.807) is 12.1 Å². The molecule has 1 N–H and O–H groups in total. The number of benzene rings is 1. The quantitative estimate of drug-likeness (QED) is 0.830. The summed E-state index contributed by atoms with van der Waals surface area (Å²) in [5, 5.41) is 3.37. The van der Waals surface area contributed by atoms with Gasteiger partial charge in [0.05, 0.1) is 11.0 Å². The standard InChI is InChI=1S/C13H17FN4/c1-17-12-9-10(14)3-4-11(12)16-13(17)18-7-2-5-15-6-8-18/h3-4,9,15H,2,5-8H2,1H3. The lowest BCUT2D eigenvalue weighted by molar-refractivity contribution is 0.628. The van der Waals surface area contributed by atoms with Gasteiger partial charge in [0.2, 0.25) is 5.95 Å². The molecular weight excluding hydrogens is 231 g/mol. The van der Waals surface area contributed by atoms with Crippen LogP contribution in [0.5, 0.6) is 0 Å². The second-order valence-electron chi connectivity index (χ2n) is 4.69. The molecule has 4 nitrogen and oxygen atoms in total. The van der Waals surface area contributed by atoms with E-state index in [9.17, 15) is 4.39 Å². The minimum atomic E-state index is -0.213. The molecule has 3 rings (SSSR count). The molecule has 5 heteroatoms. The SMILES string of the molecule is Cn1c(N2CCCNCC2)nc2ccc(F)cc21. The lowest BCUT2D eigenvalue weighted by atomic mass is 10.3. The van der Waals surface area contributed by atoms with Gasteiger partial charge in [0.25, 0.3) is 0 Å². The van der Waals surface area contributed by atoms with Crippen LogP contribution in [-0.2, 0) is 7.05 Å². The van der Waals surface area contributed by atoms with Crippen LogP contribution in [0.15, 0.2) is 18.2 Å². The first-order valence-electron chi connectivity index (χ1n) is 6.33. The summed E-state index contributed by atoms with van der Waals surface area (Å²) in [4.78, 5) is 6.87. The second kappa shape index (κ2) is 4.57. The maximum Gasteiger partial charge on any atom is 0.206 e. The molecule has 0 atom stereocenters. The number of hydrogen-bond acceptors (Lipinski definition) is 3. The third-order valence-corrected chi connectivity index (χ3v) is 3.44. The summed E-state index contributed by atoms with van der Waals surface area (Å²) in [6.07, 6.45) is 1.11. The Labute approximate surface area is 105 Å². The summed E-state index contributed by atoms with van der Waals surface area (Å²) in [6.45, 7) is 3.96. The maximum absolute atomic E-state index is 13.3. The number of anilines is 1. The minimum Gasteiger partial charge on any atom is -0.341 e. The molecule has 96 valence electrons. The fraction of sp³-hybridized carbons (Fsp3) is 0.462. The zero-order valence-electron chi connectivity index (χ0n) is 10.5. The number of hydrogen-bond donors (Lipinski definition) is 1. The smallest absolute Gasteiger partial charge is 0.206 e. The molecule has 18 heavy (non-hydrogen) atoms. The lowest BCUT2D eigenvalue weighted by Gasteiger charge is -2.20. The van der Waals surface area contributed by atoms with Crippen LogP contribution in [0.2, 0.25) is 0 Å². The van der Waals surface area contributed by atoms with Gasteiger partial charge in [-0.2, -0.15) is 0 Å². The van der Waals surface area contributed by atoms with E-state index < -0.39 is 0 Å². The fourth-order valence-corrected chi connectivity index (χ4v) is 2.48. The fourth-order valence-electron chi connectivity index (χ4n) is 2.48. The molecule has 1 aromatic heterocycles. The molecule has 0 radical (unpaired) electrons. The van der Waals surface area contributed by atoms with E-state index in [-0.39, 0.29) is 5.82 Å². The van der Waals surface area contributed by atoms with Gasteiger partial charge in [-0.05, 0) is 31.2 Å². The minimum absolute atomic E-state index is 0.213. The first-order chi connectivity index (χ1) is 8.75. The highest BCUT2D eigenvalue weighted by molar-refractivity contribution is 5.78. The molecule has 0 unspecified atom stereocenters. The van der Waals surface area contributed by atoms with E-state index >= 15 is 0 Å². The average molecular weight is 248 g/mol. The normalized spacial score (nSPS) is 17.1. The summed E-state index contributed by atoms with van der Waals surface area (Å²) in [5.41, 5.74) is 1.70. The highest BCUT2D eigenvalue weighted by Crippen LogP contribution is 2.22. The second-order valence-corrected chi connectivity index (χ2v) is 4.69. The van der Waals surface area contributed by atoms with E-state index in [4.69, 9.17) is 0 Å². The number of halogens is 1. The predicted molar refractivity (Wildman–Crippen MR) is 70.4 cm³/mol. The lowest BCUT2D eigenvalue weighted by Crippen LogP contribution is -2.29. The van der Waals surface area contributed by atoms with Crippen LogP contribution in [0.25, 0.3) is 11.0 Å². The summed E-state index contributed by atoms with van der Waals surface area (Å²) in [7, 11) is 1.95. The van der Waals surface area contributed by atoms with Gasteiger partial charge in [-0.3, -0.25) is 0 Å². The number of aryl methyl sites for hydroxylation is 1. The van der Waals surface area contributed by atoms with Crippen LogP contribution in [0.3, 0.4) is 0 Å². The Balaban J connectivity index is 2.03. The summed E-state index contributed by atoms with van der Waals surface area (Å²) in [5.74, 6) is 0.717. The van der Waals surface area contributed by atoms with Crippen LogP contribution in [-0.4, -0.2) is 35.7 Å². The van der Waals surface area contributed by atoms with Crippen molar-refractivity contribution >= 4 is 17.0 Å². The Morgan fingerprint density at radius 2 is 2.17 bits per heavy atom. The van der Waals surface area contributed by atoms with Crippen LogP contribution >= 0.6 is 0 Å². The molecule has 1 aromatic carbocycles. The molecule has 0 spiro atoms. The Kier molecular flexibility index (Phi) is 2.91. The first-order valence-corrected chi connectivity index (χ1v) is 6.33. The Bertz CT molecular complexity index is 555. The zero-order chi connectivity index (χ0) is 12.5. The van der Waals surface area contributed by atoms with Crippen molar-refractivity contribution in [1.29, 1.82) is 0 Å². The highest BCUT2D eigenvalue weighted by atomic mass is 19.1. The van der Waals surface area contributed by atoms with Gasteiger partial charge in [0.15, 0.2) is 0 Å². The van der Waals surface area contributed by atoms with Gasteiger partial charge < -0.3 is 14.8 Å². The summed E-state index contributed by atoms with van der Waals surface area (Å²) >= 11 is 0. The zero-order valence-corrected chi connectivity index (χ0v) is 10.5. The topological polar surface area (TPSA) is 33.1 Å². The van der Waals surface area contributed by atoms with Crippen molar-refractivity contribution in [3.63, 3.8) is 0 Å². The molecule has 1 fully saturated rings. The molecule has 1 aliphatic heterocycles. The van der Waals surface area contributed by atoms with Crippen molar-refractivity contribution in [3.8, 4) is 0 Å². The Morgan fingerprint density at radius 3 is 3.06 bits per heavy atom. The van der Waals surface area contributed by atoms with E-state index in [0.717, 1.165) is 49.6 Å². The molecule has 2 heterocycles. The third kappa shape index (κ3) is 1.95. The van der Waals surface area contributed by atoms with Crippen molar-refractivity contribution in [3.05, 3.63) is 24.0 Å². The van der Waals surface area contributed by atoms with E-state index in [1.807, 2.05) is 11.6 Å². The Hall–Kier alpha value is -1.62. The number of imidazole rings is 1. The molecule has 1 saturated heterocycles. The van der Waals surface area contributed by atoms with E-state index in [1.165, 1.54) is 6.07 Å². The number of nitrogens with zero attached hydrogens (tertiary/aromatic N) is 3. The molecule has 0 amide bonds. The number of nitrogens with one attached hydrogen (secondary N) is 1. The number of fused-ring (bicyclic) bond motifs is 1. The van der Waals surface area contributed by atoms with Gasteiger partial charge in [0.1, 0.15) is 5.82 Å². The van der Waals surface area contributed by atoms with Gasteiger partial charge in [-0.25, -0.2) is 9.37 Å². The van der Waals surface area contributed by atoms with Gasteiger partial charge in [0, 0.05) is 26.7 Å². The van der Waals surface area contributed by atoms with Crippen molar-refractivity contribution < 1.29 is 4.39 Å². The van der Waals surface area contributed by atoms with Crippen molar-refractivity contribution in [1.82, 2.24) is 14.9 Å². The van der Waals surface area contributed by atoms with E-state index in [2.05, 4.69) is 15.2 Å². The average Bonchev–Trinajstić information content (AvgIpc) is 2.59. The van der Waals surface area contributed by atoms with Gasteiger partial charge >= 0.3 is 0 Å². The number of rotatable bonds is 1. The van der Waals surface area contributed by atoms with Crippen LogP contribution in [0, 0.1) is 5.82 Å². The van der Waals surface area contributed by atoms with E-state index in [0.29, 0.717) is 0 Å². The van der Waals surface area contributed by atoms with Crippen LogP contribution in [0.4, 0.5) is 10.3 Å². The molecule has 0 saturated carbocycles. The molecule has 0 aliphatic carbocycles. The van der Waals surface area contributed by atoms with Crippen molar-refractivity contribution in [2.45, 2.75) is 6.42 Å². The summed E-state index contributed by atoms with van der Waals surface area (Å²) in [6, 6.07) is 4.75. The first kappa shape index (κ1) is 11.5. The molecule has 1 aliphatic rings. The summed E-state index contributed by atoms with van der Waals surface area (Å²) < 4.78 is 15.2. The molecular formula is C13H17FN4. The van der Waals surface area contributed by atoms with Crippen molar-refractivity contribution in [2.75, 3.05) is 31.1 Å². The molecule has 2 aromatic rings. The monoisotopic (exact) mass is 248 g/mol. The highest BCUT2D eigenvalue weighted by Gasteiger charge is 2.16. The van der Waals surface area contributed by atoms with Gasteiger partial charge in [-0.15, -0.1) is 0 Å². The largest absolute Gasteiger partial charge is 0.341 e. The van der Waals surface area contributed by atoms with Gasteiger partial charge in [-0.1, -0.05) is 0 Å². The number of aromatic nitrogens is 2.